The second kappa shape index (κ2) is 15.9. The Hall–Kier alpha value is -3.09. The Morgan fingerprint density at radius 2 is 1.47 bits per heavy atom. The summed E-state index contributed by atoms with van der Waals surface area (Å²) in [5.74, 6) is -1.28. The van der Waals surface area contributed by atoms with Crippen molar-refractivity contribution in [3.8, 4) is 0 Å². The Morgan fingerprint density at radius 3 is 1.94 bits per heavy atom. The largest absolute Gasteiger partial charge is 0.417 e. The molecule has 2 aliphatic heterocycles. The van der Waals surface area contributed by atoms with Gasteiger partial charge in [-0.05, 0) is 84.5 Å². The molecule has 0 aliphatic carbocycles. The fourth-order valence-electron chi connectivity index (χ4n) is 5.20. The molecule has 2 saturated heterocycles. The third-order valence-electron chi connectivity index (χ3n) is 9.21. The Morgan fingerprint density at radius 1 is 0.902 bits per heavy atom. The minimum atomic E-state index is -4.53. The van der Waals surface area contributed by atoms with Crippen LogP contribution in [-0.4, -0.2) is 90.2 Å². The summed E-state index contributed by atoms with van der Waals surface area (Å²) in [6.45, 7) is 13.6. The number of halogens is 3. The van der Waals surface area contributed by atoms with Crippen LogP contribution in [0.5, 0.6) is 0 Å². The van der Waals surface area contributed by atoms with Gasteiger partial charge in [-0.15, -0.1) is 0 Å². The number of aryl methyl sites for hydroxylation is 1. The van der Waals surface area contributed by atoms with E-state index in [0.717, 1.165) is 50.2 Å². The summed E-state index contributed by atoms with van der Waals surface area (Å²) >= 11 is 0. The van der Waals surface area contributed by atoms with Gasteiger partial charge in [0, 0.05) is 31.3 Å². The summed E-state index contributed by atoms with van der Waals surface area (Å²) in [4.78, 5) is 28.7. The Balaban J connectivity index is 0.000000276. The molecule has 1 atom stereocenters. The Bertz CT molecular complexity index is 1740. The molecule has 1 unspecified atom stereocenters. The van der Waals surface area contributed by atoms with Gasteiger partial charge >= 0.3 is 6.18 Å². The number of nitrogens with zero attached hydrogens (tertiary/aromatic N) is 3. The lowest BCUT2D eigenvalue weighted by Gasteiger charge is -2.28. The molecule has 0 spiro atoms. The van der Waals surface area contributed by atoms with Gasteiger partial charge in [0.1, 0.15) is 21.1 Å². The molecule has 2 amide bonds. The highest BCUT2D eigenvalue weighted by molar-refractivity contribution is 7.93. The van der Waals surface area contributed by atoms with Gasteiger partial charge in [0.25, 0.3) is 0 Å². The number of hydrogen-bond donors (Lipinski definition) is 3. The third-order valence-corrected chi connectivity index (χ3v) is 14.4. The zero-order valence-corrected chi connectivity index (χ0v) is 32.1. The highest BCUT2D eigenvalue weighted by Crippen LogP contribution is 2.30. The van der Waals surface area contributed by atoms with Crippen molar-refractivity contribution in [3.63, 3.8) is 0 Å². The van der Waals surface area contributed by atoms with Crippen molar-refractivity contribution in [1.29, 1.82) is 0 Å². The first kappa shape index (κ1) is 42.3. The van der Waals surface area contributed by atoms with E-state index in [0.29, 0.717) is 25.0 Å². The Kier molecular flexibility index (Phi) is 13.2. The van der Waals surface area contributed by atoms with Crippen LogP contribution in [0.15, 0.2) is 24.4 Å². The number of carbonyl (C=O) groups excluding carboxylic acids is 2. The maximum Gasteiger partial charge on any atom is 0.417 e. The molecule has 51 heavy (non-hydrogen) atoms. The smallest absolute Gasteiger partial charge is 0.377 e. The first-order chi connectivity index (χ1) is 23.3. The number of hydrogen-bond acceptors (Lipinski definition) is 10. The lowest BCUT2D eigenvalue weighted by atomic mass is 9.92. The first-order valence-corrected chi connectivity index (χ1v) is 20.1. The molecule has 2 aromatic rings. The zero-order valence-electron chi connectivity index (χ0n) is 30.5. The molecular weight excluding hydrogens is 714 g/mol. The van der Waals surface area contributed by atoms with E-state index in [1.165, 1.54) is 27.7 Å². The topological polar surface area (TPSA) is 178 Å². The van der Waals surface area contributed by atoms with Crippen LogP contribution in [0.25, 0.3) is 0 Å². The lowest BCUT2D eigenvalue weighted by Crippen LogP contribution is -2.47. The molecule has 2 fully saturated rings. The average Bonchev–Trinajstić information content (AvgIpc) is 3.66. The van der Waals surface area contributed by atoms with Crippen LogP contribution in [0.2, 0.25) is 0 Å². The average molecular weight is 765 g/mol. The van der Waals surface area contributed by atoms with E-state index in [-0.39, 0.29) is 34.8 Å². The van der Waals surface area contributed by atoms with Crippen molar-refractivity contribution in [2.45, 2.75) is 101 Å². The van der Waals surface area contributed by atoms with Crippen molar-refractivity contribution in [2.75, 3.05) is 41.8 Å². The highest BCUT2D eigenvalue weighted by Gasteiger charge is 2.44. The molecule has 0 aromatic carbocycles. The number of sulfone groups is 2. The maximum absolute atomic E-state index is 12.7. The predicted molar refractivity (Wildman–Crippen MR) is 189 cm³/mol. The van der Waals surface area contributed by atoms with Crippen LogP contribution in [0.1, 0.15) is 85.4 Å². The molecule has 2 aliphatic rings. The Labute approximate surface area is 298 Å². The maximum atomic E-state index is 12.7. The number of aromatic nitrogens is 3. The monoisotopic (exact) mass is 764 g/mol. The number of alkyl halides is 3. The lowest BCUT2D eigenvalue weighted by molar-refractivity contribution is -0.137. The number of ether oxygens (including phenoxy) is 1. The van der Waals surface area contributed by atoms with Crippen LogP contribution >= 0.6 is 0 Å². The molecule has 0 bridgehead atoms. The number of rotatable bonds is 10. The minimum Gasteiger partial charge on any atom is -0.377 e. The SMILES string of the molecule is CC(C)(C(=O)Nc1ccc(C(F)(F)F)cn1)S(=O)(=O)CC1CCNCC1.Cn1nc(C(C)(C)C)cc1NC(=O)C(C)(C)S(=O)(=O)CC1CCCO1. The molecule has 2 aromatic heterocycles. The summed E-state index contributed by atoms with van der Waals surface area (Å²) in [5, 5.41) is 12.6. The second-order valence-electron chi connectivity index (χ2n) is 15.0. The summed E-state index contributed by atoms with van der Waals surface area (Å²) < 4.78 is 92.1. The summed E-state index contributed by atoms with van der Waals surface area (Å²) in [7, 11) is -5.70. The fourth-order valence-corrected chi connectivity index (χ4v) is 8.40. The first-order valence-electron chi connectivity index (χ1n) is 16.8. The van der Waals surface area contributed by atoms with Crippen LogP contribution in [0.3, 0.4) is 0 Å². The zero-order chi connectivity index (χ0) is 38.6. The van der Waals surface area contributed by atoms with Crippen molar-refractivity contribution in [1.82, 2.24) is 20.1 Å². The number of anilines is 2. The van der Waals surface area contributed by atoms with E-state index in [9.17, 15) is 39.6 Å². The predicted octanol–water partition coefficient (Wildman–Crippen LogP) is 4.26. The third kappa shape index (κ3) is 10.7. The van der Waals surface area contributed by atoms with Crippen molar-refractivity contribution >= 4 is 43.1 Å². The number of piperidine rings is 1. The van der Waals surface area contributed by atoms with E-state index in [4.69, 9.17) is 4.74 Å². The highest BCUT2D eigenvalue weighted by atomic mass is 32.2. The molecule has 13 nitrogen and oxygen atoms in total. The summed E-state index contributed by atoms with van der Waals surface area (Å²) in [6, 6.07) is 3.55. The van der Waals surface area contributed by atoms with Gasteiger partial charge in [0.15, 0.2) is 19.7 Å². The van der Waals surface area contributed by atoms with E-state index >= 15 is 0 Å². The van der Waals surface area contributed by atoms with E-state index in [1.807, 2.05) is 20.8 Å². The van der Waals surface area contributed by atoms with Gasteiger partial charge < -0.3 is 20.7 Å². The van der Waals surface area contributed by atoms with Gasteiger partial charge in [-0.25, -0.2) is 21.8 Å². The number of carbonyl (C=O) groups is 2. The van der Waals surface area contributed by atoms with Gasteiger partial charge in [0.2, 0.25) is 11.8 Å². The molecular formula is C33H51F3N6O7S2. The fraction of sp³-hybridized carbons (Fsp3) is 0.697. The van der Waals surface area contributed by atoms with Gasteiger partial charge in [-0.2, -0.15) is 18.3 Å². The summed E-state index contributed by atoms with van der Waals surface area (Å²) in [5.41, 5.74) is -0.291. The van der Waals surface area contributed by atoms with Gasteiger partial charge in [-0.3, -0.25) is 14.3 Å². The molecule has 4 heterocycles. The standard InChI is InChI=1S/C17H29N3O4S.C16H22F3N3O3S/c1-16(2,3)13-10-14(20(6)19-13)18-15(21)17(4,5)25(22,23)11-12-8-7-9-24-12;1-15(2,26(24,25)10-11-5-7-20-8-6-11)14(23)22-13-4-3-12(9-21-13)16(17,18)19/h10,12H,7-9,11H2,1-6H3,(H,18,21);3-4,9,11,20H,5-8,10H2,1-2H3,(H,21,22,23). The van der Waals surface area contributed by atoms with Crippen LogP contribution in [0, 0.1) is 5.92 Å². The molecule has 0 saturated carbocycles. The summed E-state index contributed by atoms with van der Waals surface area (Å²) in [6.07, 6.45) is -1.25. The van der Waals surface area contributed by atoms with Gasteiger partial charge in [0.05, 0.1) is 28.9 Å². The number of nitrogens with one attached hydrogen (secondary N) is 3. The van der Waals surface area contributed by atoms with Crippen LogP contribution < -0.4 is 16.0 Å². The number of pyridine rings is 1. The minimum absolute atomic E-state index is 0.0162. The van der Waals surface area contributed by atoms with Crippen LogP contribution in [-0.2, 0) is 52.6 Å². The van der Waals surface area contributed by atoms with E-state index in [1.54, 1.807) is 17.8 Å². The van der Waals surface area contributed by atoms with Gasteiger partial charge in [-0.1, -0.05) is 20.8 Å². The van der Waals surface area contributed by atoms with Crippen molar-refractivity contribution in [2.24, 2.45) is 13.0 Å². The van der Waals surface area contributed by atoms with E-state index < -0.39 is 52.7 Å². The molecule has 18 heteroatoms. The number of amides is 2. The molecule has 3 N–H and O–H groups in total. The van der Waals surface area contributed by atoms with Crippen molar-refractivity contribution < 1.29 is 44.3 Å². The van der Waals surface area contributed by atoms with Crippen LogP contribution in [0.4, 0.5) is 24.8 Å². The molecule has 0 radical (unpaired) electrons. The van der Waals surface area contributed by atoms with Crippen molar-refractivity contribution in [3.05, 3.63) is 35.7 Å². The normalized spacial score (nSPS) is 18.1. The second-order valence-corrected chi connectivity index (χ2v) is 20.2. The molecule has 4 rings (SSSR count). The quantitative estimate of drug-likeness (QED) is 0.317. The van der Waals surface area contributed by atoms with E-state index in [2.05, 4.69) is 26.0 Å². The molecule has 288 valence electrons.